The zero-order valence-electron chi connectivity index (χ0n) is 11.4. The minimum absolute atomic E-state index is 0.0507. The van der Waals surface area contributed by atoms with E-state index in [9.17, 15) is 9.59 Å². The monoisotopic (exact) mass is 296 g/mol. The smallest absolute Gasteiger partial charge is 0.405 e. The molecule has 3 rings (SSSR count). The Morgan fingerprint density at radius 1 is 1.23 bits per heavy atom. The van der Waals surface area contributed by atoms with Crippen LogP contribution in [0.25, 0.3) is 22.1 Å². The predicted octanol–water partition coefficient (Wildman–Crippen LogP) is 2.62. The fraction of sp³-hybridized carbons (Fsp3) is 0.0625. The van der Waals surface area contributed by atoms with E-state index < -0.39 is 6.09 Å². The highest BCUT2D eigenvalue weighted by atomic mass is 16.4. The van der Waals surface area contributed by atoms with Crippen molar-refractivity contribution in [1.29, 1.82) is 0 Å². The molecule has 3 aromatic rings. The van der Waals surface area contributed by atoms with E-state index in [-0.39, 0.29) is 17.7 Å². The standard InChI is InChI=1S/C16H12N2O4/c19-14-7-12(9-18-16(20)21)22-15-4-3-10(6-13(14)15)11-2-1-5-17-8-11/h1-8,18H,9H2,(H,20,21). The fourth-order valence-electron chi connectivity index (χ4n) is 2.17. The number of hydrogen-bond donors (Lipinski definition) is 2. The van der Waals surface area contributed by atoms with Gasteiger partial charge in [-0.2, -0.15) is 0 Å². The number of nitrogens with one attached hydrogen (secondary N) is 1. The molecule has 0 aliphatic rings. The molecule has 22 heavy (non-hydrogen) atoms. The van der Waals surface area contributed by atoms with E-state index in [2.05, 4.69) is 10.3 Å². The van der Waals surface area contributed by atoms with Gasteiger partial charge in [-0.3, -0.25) is 9.78 Å². The zero-order valence-corrected chi connectivity index (χ0v) is 11.4. The molecule has 0 bridgehead atoms. The van der Waals surface area contributed by atoms with Crippen LogP contribution in [-0.4, -0.2) is 16.2 Å². The summed E-state index contributed by atoms with van der Waals surface area (Å²) in [5.74, 6) is 0.272. The third-order valence-corrected chi connectivity index (χ3v) is 3.19. The summed E-state index contributed by atoms with van der Waals surface area (Å²) in [4.78, 5) is 26.7. The maximum absolute atomic E-state index is 12.2. The number of fused-ring (bicyclic) bond motifs is 1. The zero-order chi connectivity index (χ0) is 15.5. The summed E-state index contributed by atoms with van der Waals surface area (Å²) in [6, 6.07) is 10.3. The lowest BCUT2D eigenvalue weighted by molar-refractivity contribution is 0.193. The summed E-state index contributed by atoms with van der Waals surface area (Å²) in [7, 11) is 0. The summed E-state index contributed by atoms with van der Waals surface area (Å²) < 4.78 is 5.54. The second-order valence-electron chi connectivity index (χ2n) is 4.69. The van der Waals surface area contributed by atoms with Crippen molar-refractivity contribution in [3.05, 3.63) is 64.8 Å². The number of amides is 1. The van der Waals surface area contributed by atoms with E-state index in [1.54, 1.807) is 24.5 Å². The van der Waals surface area contributed by atoms with Crippen LogP contribution in [0.5, 0.6) is 0 Å². The first-order valence-corrected chi connectivity index (χ1v) is 6.57. The van der Waals surface area contributed by atoms with Crippen molar-refractivity contribution in [3.63, 3.8) is 0 Å². The molecule has 0 spiro atoms. The molecule has 2 aromatic heterocycles. The van der Waals surface area contributed by atoms with Gasteiger partial charge >= 0.3 is 6.09 Å². The van der Waals surface area contributed by atoms with Crippen LogP contribution in [0.1, 0.15) is 5.76 Å². The Morgan fingerprint density at radius 3 is 2.82 bits per heavy atom. The van der Waals surface area contributed by atoms with Gasteiger partial charge in [0.2, 0.25) is 0 Å². The molecule has 1 amide bonds. The van der Waals surface area contributed by atoms with Crippen LogP contribution in [0.3, 0.4) is 0 Å². The first kappa shape index (κ1) is 13.8. The Hall–Kier alpha value is -3.15. The first-order chi connectivity index (χ1) is 10.6. The second-order valence-corrected chi connectivity index (χ2v) is 4.69. The summed E-state index contributed by atoms with van der Waals surface area (Å²) >= 11 is 0. The number of pyridine rings is 1. The van der Waals surface area contributed by atoms with Crippen molar-refractivity contribution in [2.45, 2.75) is 6.54 Å². The molecular formula is C16H12N2O4. The minimum Gasteiger partial charge on any atom is -0.465 e. The molecule has 6 nitrogen and oxygen atoms in total. The molecule has 0 atom stereocenters. The van der Waals surface area contributed by atoms with E-state index in [0.29, 0.717) is 11.0 Å². The summed E-state index contributed by atoms with van der Waals surface area (Å²) in [6.45, 7) is -0.0507. The van der Waals surface area contributed by atoms with Gasteiger partial charge < -0.3 is 14.8 Å². The molecule has 0 fully saturated rings. The third kappa shape index (κ3) is 2.80. The van der Waals surface area contributed by atoms with Crippen LogP contribution in [-0.2, 0) is 6.54 Å². The molecule has 0 aliphatic heterocycles. The number of nitrogens with zero attached hydrogens (tertiary/aromatic N) is 1. The lowest BCUT2D eigenvalue weighted by atomic mass is 10.1. The predicted molar refractivity (Wildman–Crippen MR) is 80.6 cm³/mol. The molecule has 6 heteroatoms. The average Bonchev–Trinajstić information content (AvgIpc) is 2.53. The topological polar surface area (TPSA) is 92.4 Å². The van der Waals surface area contributed by atoms with Crippen molar-refractivity contribution < 1.29 is 14.3 Å². The lowest BCUT2D eigenvalue weighted by Crippen LogP contribution is -2.20. The summed E-state index contributed by atoms with van der Waals surface area (Å²) in [5.41, 5.74) is 1.97. The highest BCUT2D eigenvalue weighted by Gasteiger charge is 2.08. The van der Waals surface area contributed by atoms with Gasteiger partial charge in [-0.25, -0.2) is 4.79 Å². The molecule has 0 unspecified atom stereocenters. The molecule has 0 aliphatic carbocycles. The Bertz CT molecular complexity index is 888. The number of aromatic nitrogens is 1. The molecule has 0 radical (unpaired) electrons. The van der Waals surface area contributed by atoms with Crippen molar-refractivity contribution in [2.75, 3.05) is 0 Å². The van der Waals surface area contributed by atoms with E-state index >= 15 is 0 Å². The molecule has 2 heterocycles. The van der Waals surface area contributed by atoms with E-state index in [4.69, 9.17) is 9.52 Å². The van der Waals surface area contributed by atoms with E-state index in [0.717, 1.165) is 11.1 Å². The number of rotatable bonds is 3. The van der Waals surface area contributed by atoms with E-state index in [1.807, 2.05) is 18.2 Å². The maximum atomic E-state index is 12.2. The van der Waals surface area contributed by atoms with Crippen LogP contribution in [0.4, 0.5) is 4.79 Å². The van der Waals surface area contributed by atoms with Gasteiger partial charge in [0.15, 0.2) is 5.43 Å². The normalized spacial score (nSPS) is 10.5. The highest BCUT2D eigenvalue weighted by molar-refractivity contribution is 5.82. The SMILES string of the molecule is O=C(O)NCc1cc(=O)c2cc(-c3cccnc3)ccc2o1. The molecule has 110 valence electrons. The number of carboxylic acid groups (broad SMARTS) is 1. The van der Waals surface area contributed by atoms with Gasteiger partial charge in [0.25, 0.3) is 0 Å². The largest absolute Gasteiger partial charge is 0.465 e. The summed E-state index contributed by atoms with van der Waals surface area (Å²) in [6.07, 6.45) is 2.23. The fourth-order valence-corrected chi connectivity index (χ4v) is 2.17. The molecular weight excluding hydrogens is 284 g/mol. The van der Waals surface area contributed by atoms with Crippen molar-refractivity contribution in [3.8, 4) is 11.1 Å². The van der Waals surface area contributed by atoms with Gasteiger partial charge in [-0.1, -0.05) is 12.1 Å². The molecule has 0 saturated carbocycles. The van der Waals surface area contributed by atoms with Crippen molar-refractivity contribution in [1.82, 2.24) is 10.3 Å². The third-order valence-electron chi connectivity index (χ3n) is 3.19. The lowest BCUT2D eigenvalue weighted by Gasteiger charge is -2.05. The number of benzene rings is 1. The van der Waals surface area contributed by atoms with Crippen LogP contribution in [0, 0.1) is 0 Å². The van der Waals surface area contributed by atoms with Crippen molar-refractivity contribution >= 4 is 17.1 Å². The Balaban J connectivity index is 2.03. The minimum atomic E-state index is -1.17. The Morgan fingerprint density at radius 2 is 2.09 bits per heavy atom. The maximum Gasteiger partial charge on any atom is 0.405 e. The van der Waals surface area contributed by atoms with Gasteiger partial charge in [-0.05, 0) is 23.8 Å². The average molecular weight is 296 g/mol. The van der Waals surface area contributed by atoms with Gasteiger partial charge in [0.05, 0.1) is 11.9 Å². The summed E-state index contributed by atoms with van der Waals surface area (Å²) in [5, 5.41) is 11.2. The number of carbonyl (C=O) groups is 1. The van der Waals surface area contributed by atoms with Crippen LogP contribution < -0.4 is 10.7 Å². The second kappa shape index (κ2) is 5.69. The van der Waals surface area contributed by atoms with Gasteiger partial charge in [0.1, 0.15) is 11.3 Å². The first-order valence-electron chi connectivity index (χ1n) is 6.57. The molecule has 1 aromatic carbocycles. The van der Waals surface area contributed by atoms with Crippen LogP contribution in [0.15, 0.2) is 58.0 Å². The van der Waals surface area contributed by atoms with Gasteiger partial charge in [-0.15, -0.1) is 0 Å². The number of hydrogen-bond acceptors (Lipinski definition) is 4. The van der Waals surface area contributed by atoms with Crippen LogP contribution >= 0.6 is 0 Å². The van der Waals surface area contributed by atoms with E-state index in [1.165, 1.54) is 6.07 Å². The Labute approximate surface area is 125 Å². The van der Waals surface area contributed by atoms with Gasteiger partial charge in [0, 0.05) is 24.0 Å². The quantitative estimate of drug-likeness (QED) is 0.775. The molecule has 2 N–H and O–H groups in total. The molecule has 0 saturated heterocycles. The van der Waals surface area contributed by atoms with Crippen molar-refractivity contribution in [2.24, 2.45) is 0 Å². The Kier molecular flexibility index (Phi) is 3.57. The highest BCUT2D eigenvalue weighted by Crippen LogP contribution is 2.22. The van der Waals surface area contributed by atoms with Crippen LogP contribution in [0.2, 0.25) is 0 Å².